The lowest BCUT2D eigenvalue weighted by Gasteiger charge is -2.13. The van der Waals surface area contributed by atoms with Crippen molar-refractivity contribution in [3.8, 4) is 5.75 Å². The molecule has 1 N–H and O–H groups in total. The molecule has 3 aromatic carbocycles. The number of benzene rings is 3. The van der Waals surface area contributed by atoms with Crippen molar-refractivity contribution >= 4 is 5.69 Å². The Morgan fingerprint density at radius 2 is 1.52 bits per heavy atom. The number of hydrogen-bond acceptors (Lipinski definition) is 2. The molecule has 0 saturated heterocycles. The van der Waals surface area contributed by atoms with Crippen LogP contribution in [0, 0.1) is 5.82 Å². The molecule has 0 aliphatic heterocycles. The Morgan fingerprint density at radius 1 is 0.840 bits per heavy atom. The zero-order chi connectivity index (χ0) is 17.5. The molecule has 0 atom stereocenters. The van der Waals surface area contributed by atoms with Crippen molar-refractivity contribution < 1.29 is 9.13 Å². The third-order valence-corrected chi connectivity index (χ3v) is 4.13. The molecule has 25 heavy (non-hydrogen) atoms. The van der Waals surface area contributed by atoms with E-state index in [4.69, 9.17) is 4.74 Å². The molecule has 2 nitrogen and oxygen atoms in total. The van der Waals surface area contributed by atoms with Gasteiger partial charge in [-0.3, -0.25) is 0 Å². The van der Waals surface area contributed by atoms with E-state index in [1.807, 2.05) is 24.3 Å². The third-order valence-electron chi connectivity index (χ3n) is 4.13. The molecule has 0 aliphatic carbocycles. The van der Waals surface area contributed by atoms with Crippen LogP contribution in [-0.2, 0) is 19.6 Å². The van der Waals surface area contributed by atoms with Gasteiger partial charge in [-0.1, -0.05) is 49.4 Å². The average molecular weight is 335 g/mol. The number of anilines is 1. The van der Waals surface area contributed by atoms with Gasteiger partial charge in [0.05, 0.1) is 0 Å². The van der Waals surface area contributed by atoms with Gasteiger partial charge in [-0.05, 0) is 47.9 Å². The molecule has 0 bridgehead atoms. The molecule has 0 heterocycles. The molecule has 0 spiro atoms. The second-order valence-electron chi connectivity index (χ2n) is 5.93. The summed E-state index contributed by atoms with van der Waals surface area (Å²) in [6.45, 7) is 3.25. The average Bonchev–Trinajstić information content (AvgIpc) is 2.67. The summed E-state index contributed by atoms with van der Waals surface area (Å²) in [5, 5.41) is 3.43. The molecular weight excluding hydrogens is 313 g/mol. The minimum absolute atomic E-state index is 0.234. The molecule has 0 aromatic heterocycles. The first-order valence-electron chi connectivity index (χ1n) is 8.52. The van der Waals surface area contributed by atoms with E-state index in [0.717, 1.165) is 29.0 Å². The van der Waals surface area contributed by atoms with Gasteiger partial charge in [0.15, 0.2) is 0 Å². The summed E-state index contributed by atoms with van der Waals surface area (Å²) in [6.07, 6.45) is 1.04. The van der Waals surface area contributed by atoms with E-state index in [1.54, 1.807) is 12.1 Å². The van der Waals surface area contributed by atoms with E-state index in [9.17, 15) is 4.39 Å². The summed E-state index contributed by atoms with van der Waals surface area (Å²) in [6, 6.07) is 22.8. The second-order valence-corrected chi connectivity index (χ2v) is 5.93. The molecule has 0 radical (unpaired) electrons. The smallest absolute Gasteiger partial charge is 0.124 e. The summed E-state index contributed by atoms with van der Waals surface area (Å²) < 4.78 is 18.9. The van der Waals surface area contributed by atoms with Gasteiger partial charge in [0.1, 0.15) is 18.2 Å². The Morgan fingerprint density at radius 3 is 2.24 bits per heavy atom. The molecule has 0 unspecified atom stereocenters. The molecule has 3 heteroatoms. The predicted octanol–water partition coefficient (Wildman–Crippen LogP) is 5.58. The number of ether oxygens (including phenoxy) is 1. The molecule has 0 amide bonds. The van der Waals surface area contributed by atoms with Gasteiger partial charge in [-0.15, -0.1) is 0 Å². The van der Waals surface area contributed by atoms with E-state index in [-0.39, 0.29) is 5.82 Å². The van der Waals surface area contributed by atoms with Crippen molar-refractivity contribution in [1.82, 2.24) is 0 Å². The van der Waals surface area contributed by atoms with Gasteiger partial charge in [0, 0.05) is 17.8 Å². The third kappa shape index (κ3) is 4.83. The number of para-hydroxylation sites is 1. The van der Waals surface area contributed by atoms with Crippen molar-refractivity contribution in [2.24, 2.45) is 0 Å². The zero-order valence-corrected chi connectivity index (χ0v) is 14.3. The van der Waals surface area contributed by atoms with Crippen LogP contribution < -0.4 is 10.1 Å². The zero-order valence-electron chi connectivity index (χ0n) is 14.3. The van der Waals surface area contributed by atoms with Gasteiger partial charge in [0.2, 0.25) is 0 Å². The van der Waals surface area contributed by atoms with Gasteiger partial charge >= 0.3 is 0 Å². The van der Waals surface area contributed by atoms with Gasteiger partial charge < -0.3 is 10.1 Å². The monoisotopic (exact) mass is 335 g/mol. The van der Waals surface area contributed by atoms with Crippen molar-refractivity contribution in [1.29, 1.82) is 0 Å². The summed E-state index contributed by atoms with van der Waals surface area (Å²) in [5.41, 5.74) is 4.45. The van der Waals surface area contributed by atoms with E-state index in [0.29, 0.717) is 13.2 Å². The normalized spacial score (nSPS) is 10.5. The van der Waals surface area contributed by atoms with Crippen molar-refractivity contribution in [2.45, 2.75) is 26.5 Å². The lowest BCUT2D eigenvalue weighted by Crippen LogP contribution is -2.03. The molecule has 3 aromatic rings. The fourth-order valence-corrected chi connectivity index (χ4v) is 2.59. The van der Waals surface area contributed by atoms with E-state index in [2.05, 4.69) is 36.5 Å². The SMILES string of the molecule is CCc1ccc(NCc2ccccc2OCc2ccc(F)cc2)cc1. The highest BCUT2D eigenvalue weighted by Gasteiger charge is 2.04. The van der Waals surface area contributed by atoms with Crippen molar-refractivity contribution in [3.63, 3.8) is 0 Å². The minimum Gasteiger partial charge on any atom is -0.489 e. The van der Waals surface area contributed by atoms with Crippen LogP contribution in [0.15, 0.2) is 72.8 Å². The number of nitrogens with one attached hydrogen (secondary N) is 1. The Hall–Kier alpha value is -2.81. The van der Waals surface area contributed by atoms with Crippen molar-refractivity contribution in [3.05, 3.63) is 95.3 Å². The molecule has 3 rings (SSSR count). The van der Waals surface area contributed by atoms with E-state index >= 15 is 0 Å². The molecular formula is C22H22FNO. The fraction of sp³-hybridized carbons (Fsp3) is 0.182. The Labute approximate surface area is 148 Å². The van der Waals surface area contributed by atoms with Crippen LogP contribution >= 0.6 is 0 Å². The lowest BCUT2D eigenvalue weighted by atomic mass is 10.1. The van der Waals surface area contributed by atoms with Crippen LogP contribution in [0.5, 0.6) is 5.75 Å². The highest BCUT2D eigenvalue weighted by atomic mass is 19.1. The van der Waals surface area contributed by atoms with Gasteiger partial charge in [-0.25, -0.2) is 4.39 Å². The molecule has 0 saturated carbocycles. The van der Waals surface area contributed by atoms with Crippen LogP contribution in [0.25, 0.3) is 0 Å². The fourth-order valence-electron chi connectivity index (χ4n) is 2.59. The predicted molar refractivity (Wildman–Crippen MR) is 100 cm³/mol. The van der Waals surface area contributed by atoms with Gasteiger partial charge in [0.25, 0.3) is 0 Å². The summed E-state index contributed by atoms with van der Waals surface area (Å²) in [4.78, 5) is 0. The van der Waals surface area contributed by atoms with Crippen LogP contribution in [0.3, 0.4) is 0 Å². The number of rotatable bonds is 7. The number of halogens is 1. The van der Waals surface area contributed by atoms with Crippen LogP contribution in [0.2, 0.25) is 0 Å². The quantitative estimate of drug-likeness (QED) is 0.608. The number of aryl methyl sites for hydroxylation is 1. The van der Waals surface area contributed by atoms with E-state index in [1.165, 1.54) is 17.7 Å². The standard InChI is InChI=1S/C22H22FNO/c1-2-17-9-13-21(14-10-17)24-15-19-5-3-4-6-22(19)25-16-18-7-11-20(23)12-8-18/h3-14,24H,2,15-16H2,1H3. The molecule has 128 valence electrons. The maximum atomic E-state index is 13.0. The molecule has 0 aliphatic rings. The minimum atomic E-state index is -0.234. The van der Waals surface area contributed by atoms with E-state index < -0.39 is 0 Å². The Balaban J connectivity index is 1.62. The summed E-state index contributed by atoms with van der Waals surface area (Å²) >= 11 is 0. The van der Waals surface area contributed by atoms with Crippen LogP contribution in [0.1, 0.15) is 23.6 Å². The summed E-state index contributed by atoms with van der Waals surface area (Å²) in [7, 11) is 0. The maximum absolute atomic E-state index is 13.0. The highest BCUT2D eigenvalue weighted by Crippen LogP contribution is 2.21. The second kappa shape index (κ2) is 8.34. The lowest BCUT2D eigenvalue weighted by molar-refractivity contribution is 0.303. The van der Waals surface area contributed by atoms with Crippen LogP contribution in [-0.4, -0.2) is 0 Å². The first-order chi connectivity index (χ1) is 12.2. The van der Waals surface area contributed by atoms with Gasteiger partial charge in [-0.2, -0.15) is 0 Å². The summed E-state index contributed by atoms with van der Waals surface area (Å²) in [5.74, 6) is 0.604. The highest BCUT2D eigenvalue weighted by molar-refractivity contribution is 5.46. The van der Waals surface area contributed by atoms with Crippen molar-refractivity contribution in [2.75, 3.05) is 5.32 Å². The maximum Gasteiger partial charge on any atom is 0.124 e. The molecule has 0 fully saturated rings. The largest absolute Gasteiger partial charge is 0.489 e. The topological polar surface area (TPSA) is 21.3 Å². The number of hydrogen-bond donors (Lipinski definition) is 1. The van der Waals surface area contributed by atoms with Crippen LogP contribution in [0.4, 0.5) is 10.1 Å². The Kier molecular flexibility index (Phi) is 5.68. The first-order valence-corrected chi connectivity index (χ1v) is 8.52. The Bertz CT molecular complexity index is 797. The first kappa shape index (κ1) is 17.0.